The molecule has 172 valence electrons. The van der Waals surface area contributed by atoms with E-state index in [2.05, 4.69) is 9.87 Å². The standard InChI is InChI=1S/C15H25N2O12P/c1-8-6-17(14(20)16-12(8)19)13-11(27-4-3-26-2)10(29-22)9(28-13)5-15(21,7-18)30(23,24)25/h6,9-11,13,18,21-22H,3-5,7H2,1-2H3,(H,16,19,20)(H2,23,24,25)/t9-,10-,11-,13-,15?/m1/s1. The highest BCUT2D eigenvalue weighted by Crippen LogP contribution is 2.52. The third-order valence-electron chi connectivity index (χ3n) is 4.75. The number of methoxy groups -OCH3 is 1. The van der Waals surface area contributed by atoms with Crippen LogP contribution >= 0.6 is 7.60 Å². The van der Waals surface area contributed by atoms with Gasteiger partial charge in [0.2, 0.25) is 0 Å². The Morgan fingerprint density at radius 2 is 1.97 bits per heavy atom. The smallest absolute Gasteiger partial charge is 0.359 e. The van der Waals surface area contributed by atoms with E-state index in [0.717, 1.165) is 4.57 Å². The third kappa shape index (κ3) is 5.06. The fraction of sp³-hybridized carbons (Fsp3) is 0.733. The second-order valence-electron chi connectivity index (χ2n) is 6.83. The number of aliphatic hydroxyl groups is 2. The van der Waals surface area contributed by atoms with Crippen molar-refractivity contribution < 1.29 is 48.9 Å². The first-order chi connectivity index (χ1) is 14.0. The number of aromatic nitrogens is 2. The first-order valence-electron chi connectivity index (χ1n) is 8.76. The molecule has 1 unspecified atom stereocenters. The van der Waals surface area contributed by atoms with Crippen LogP contribution in [0.1, 0.15) is 18.2 Å². The lowest BCUT2D eigenvalue weighted by atomic mass is 10.0. The van der Waals surface area contributed by atoms with Crippen LogP contribution < -0.4 is 11.2 Å². The first-order valence-corrected chi connectivity index (χ1v) is 10.4. The quantitative estimate of drug-likeness (QED) is 0.0966. The molecule has 0 amide bonds. The van der Waals surface area contributed by atoms with Crippen molar-refractivity contribution in [1.29, 1.82) is 0 Å². The molecule has 1 aromatic rings. The zero-order valence-corrected chi connectivity index (χ0v) is 17.1. The van der Waals surface area contributed by atoms with Gasteiger partial charge in [0.15, 0.2) is 11.6 Å². The Morgan fingerprint density at radius 1 is 1.30 bits per heavy atom. The normalized spacial score (nSPS) is 26.6. The highest BCUT2D eigenvalue weighted by atomic mass is 31.2. The molecule has 1 aliphatic rings. The molecule has 1 fully saturated rings. The molecule has 15 heteroatoms. The van der Waals surface area contributed by atoms with Crippen molar-refractivity contribution in [2.75, 3.05) is 26.9 Å². The number of aryl methyl sites for hydroxylation is 1. The van der Waals surface area contributed by atoms with E-state index < -0.39 is 61.8 Å². The number of hydrogen-bond acceptors (Lipinski definition) is 10. The molecule has 2 rings (SSSR count). The van der Waals surface area contributed by atoms with Crippen LogP contribution in [0.25, 0.3) is 0 Å². The van der Waals surface area contributed by atoms with Gasteiger partial charge in [0.25, 0.3) is 5.56 Å². The lowest BCUT2D eigenvalue weighted by molar-refractivity contribution is -0.303. The number of nitrogens with one attached hydrogen (secondary N) is 1. The maximum absolute atomic E-state index is 12.3. The molecule has 5 atom stereocenters. The molecular weight excluding hydrogens is 431 g/mol. The van der Waals surface area contributed by atoms with E-state index in [0.29, 0.717) is 0 Å². The van der Waals surface area contributed by atoms with E-state index in [4.69, 9.17) is 14.2 Å². The van der Waals surface area contributed by atoms with Crippen LogP contribution in [0.4, 0.5) is 0 Å². The first kappa shape index (κ1) is 24.8. The fourth-order valence-electron chi connectivity index (χ4n) is 3.04. The van der Waals surface area contributed by atoms with Crippen molar-refractivity contribution >= 4 is 7.60 Å². The summed E-state index contributed by atoms with van der Waals surface area (Å²) in [5.74, 6) is 0. The Balaban J connectivity index is 2.45. The molecule has 30 heavy (non-hydrogen) atoms. The van der Waals surface area contributed by atoms with E-state index in [1.807, 2.05) is 0 Å². The van der Waals surface area contributed by atoms with Crippen LogP contribution in [-0.4, -0.2) is 85.4 Å². The van der Waals surface area contributed by atoms with Gasteiger partial charge in [0.05, 0.1) is 25.9 Å². The second kappa shape index (κ2) is 9.78. The van der Waals surface area contributed by atoms with Crippen LogP contribution in [-0.2, 0) is 23.7 Å². The summed E-state index contributed by atoms with van der Waals surface area (Å²) in [6.45, 7) is 0.204. The zero-order valence-electron chi connectivity index (χ0n) is 16.2. The Hall–Kier alpha value is -1.45. The number of rotatable bonds is 10. The largest absolute Gasteiger partial charge is 0.393 e. The van der Waals surface area contributed by atoms with Crippen LogP contribution in [0.15, 0.2) is 15.8 Å². The highest BCUT2D eigenvalue weighted by Gasteiger charge is 2.55. The van der Waals surface area contributed by atoms with E-state index in [9.17, 15) is 39.4 Å². The van der Waals surface area contributed by atoms with E-state index in [-0.39, 0.29) is 18.8 Å². The van der Waals surface area contributed by atoms with E-state index in [1.165, 1.54) is 20.2 Å². The summed E-state index contributed by atoms with van der Waals surface area (Å²) in [5, 5.41) is 26.0. The molecule has 2 heterocycles. The summed E-state index contributed by atoms with van der Waals surface area (Å²) < 4.78 is 28.7. The highest BCUT2D eigenvalue weighted by molar-refractivity contribution is 7.53. The maximum atomic E-state index is 12.3. The fourth-order valence-corrected chi connectivity index (χ4v) is 3.64. The summed E-state index contributed by atoms with van der Waals surface area (Å²) >= 11 is 0. The van der Waals surface area contributed by atoms with Crippen LogP contribution in [0, 0.1) is 6.92 Å². The number of hydrogen-bond donors (Lipinski definition) is 6. The molecular formula is C15H25N2O12P. The molecule has 0 aliphatic carbocycles. The van der Waals surface area contributed by atoms with Gasteiger partial charge in [0, 0.05) is 25.3 Å². The maximum Gasteiger partial charge on any atom is 0.359 e. The molecule has 1 saturated heterocycles. The van der Waals surface area contributed by atoms with Gasteiger partial charge in [-0.1, -0.05) is 0 Å². The molecule has 14 nitrogen and oxygen atoms in total. The molecule has 1 aliphatic heterocycles. The lowest BCUT2D eigenvalue weighted by Gasteiger charge is -2.30. The number of H-pyrrole nitrogens is 1. The topological polar surface area (TPSA) is 210 Å². The van der Waals surface area contributed by atoms with E-state index >= 15 is 0 Å². The molecule has 0 spiro atoms. The summed E-state index contributed by atoms with van der Waals surface area (Å²) in [4.78, 5) is 49.2. The zero-order chi connectivity index (χ0) is 22.7. The van der Waals surface area contributed by atoms with Crippen LogP contribution in [0.5, 0.6) is 0 Å². The molecule has 0 radical (unpaired) electrons. The molecule has 1 aromatic heterocycles. The third-order valence-corrected chi connectivity index (χ3v) is 6.16. The number of nitrogens with zero attached hydrogens (tertiary/aromatic N) is 1. The van der Waals surface area contributed by atoms with Crippen LogP contribution in [0.2, 0.25) is 0 Å². The monoisotopic (exact) mass is 456 g/mol. The van der Waals surface area contributed by atoms with Gasteiger partial charge >= 0.3 is 13.3 Å². The lowest BCUT2D eigenvalue weighted by Crippen LogP contribution is -2.43. The molecule has 6 N–H and O–H groups in total. The van der Waals surface area contributed by atoms with Gasteiger partial charge < -0.3 is 34.2 Å². The Labute approximate surface area is 169 Å². The van der Waals surface area contributed by atoms with Crippen molar-refractivity contribution in [1.82, 2.24) is 9.55 Å². The van der Waals surface area contributed by atoms with Gasteiger partial charge in [0.1, 0.15) is 12.2 Å². The minimum atomic E-state index is -5.23. The van der Waals surface area contributed by atoms with Crippen molar-refractivity contribution in [3.05, 3.63) is 32.6 Å². The number of aliphatic hydroxyl groups excluding tert-OH is 1. The van der Waals surface area contributed by atoms with Gasteiger partial charge in [-0.05, 0) is 6.92 Å². The van der Waals surface area contributed by atoms with E-state index in [1.54, 1.807) is 0 Å². The summed E-state index contributed by atoms with van der Waals surface area (Å²) in [6, 6.07) is 0. The summed E-state index contributed by atoms with van der Waals surface area (Å²) in [7, 11) is -3.82. The van der Waals surface area contributed by atoms with Crippen molar-refractivity contribution in [3.63, 3.8) is 0 Å². The predicted molar refractivity (Wildman–Crippen MR) is 97.8 cm³/mol. The molecule has 0 saturated carbocycles. The summed E-state index contributed by atoms with van der Waals surface area (Å²) in [5.41, 5.74) is -1.35. The van der Waals surface area contributed by atoms with Gasteiger partial charge in [-0.3, -0.25) is 24.2 Å². The average Bonchev–Trinajstić information content (AvgIpc) is 3.00. The minimum Gasteiger partial charge on any atom is -0.393 e. The SMILES string of the molecule is COCCO[C@@H]1[C@H](OO)[C@@H](CC(O)(CO)P(=O)(O)O)O[C@H]1n1cc(C)c(=O)[nH]c1=O. The number of ether oxygens (including phenoxy) is 3. The Kier molecular flexibility index (Phi) is 8.09. The van der Waals surface area contributed by atoms with Crippen molar-refractivity contribution in [3.8, 4) is 0 Å². The van der Waals surface area contributed by atoms with Gasteiger partial charge in [-0.15, -0.1) is 0 Å². The predicted octanol–water partition coefficient (Wildman–Crippen LogP) is -2.12. The second-order valence-corrected chi connectivity index (χ2v) is 8.75. The van der Waals surface area contributed by atoms with Gasteiger partial charge in [-0.2, -0.15) is 0 Å². The molecule has 0 aromatic carbocycles. The van der Waals surface area contributed by atoms with Gasteiger partial charge in [-0.25, -0.2) is 9.68 Å². The summed E-state index contributed by atoms with van der Waals surface area (Å²) in [6.07, 6.45) is -5.05. The van der Waals surface area contributed by atoms with Crippen molar-refractivity contribution in [2.45, 2.75) is 43.2 Å². The van der Waals surface area contributed by atoms with Crippen LogP contribution in [0.3, 0.4) is 0 Å². The number of aromatic amines is 1. The Morgan fingerprint density at radius 3 is 2.50 bits per heavy atom. The average molecular weight is 456 g/mol. The Bertz CT molecular complexity index is 881. The van der Waals surface area contributed by atoms with Crippen molar-refractivity contribution in [2.24, 2.45) is 0 Å². The minimum absolute atomic E-state index is 0.0343. The molecule has 0 bridgehead atoms.